The molecule has 3 unspecified atom stereocenters. The molecular formula is C8H15IO2. The van der Waals surface area contributed by atoms with Crippen molar-refractivity contribution >= 4 is 22.6 Å². The van der Waals surface area contributed by atoms with Gasteiger partial charge in [-0.1, -0.05) is 22.6 Å². The molecule has 0 saturated carbocycles. The van der Waals surface area contributed by atoms with Gasteiger partial charge in [0.1, 0.15) is 0 Å². The van der Waals surface area contributed by atoms with E-state index in [9.17, 15) is 0 Å². The molecule has 0 bridgehead atoms. The molecule has 2 nitrogen and oxygen atoms in total. The van der Waals surface area contributed by atoms with Gasteiger partial charge in [0.15, 0.2) is 0 Å². The molecule has 0 aromatic heterocycles. The zero-order chi connectivity index (χ0) is 8.27. The average molecular weight is 270 g/mol. The fourth-order valence-corrected chi connectivity index (χ4v) is 1.99. The van der Waals surface area contributed by atoms with Gasteiger partial charge in [-0.3, -0.25) is 0 Å². The van der Waals surface area contributed by atoms with Gasteiger partial charge < -0.3 is 9.47 Å². The highest BCUT2D eigenvalue weighted by Crippen LogP contribution is 2.24. The van der Waals surface area contributed by atoms with E-state index in [4.69, 9.17) is 9.47 Å². The fourth-order valence-electron chi connectivity index (χ4n) is 1.34. The molecule has 0 aromatic carbocycles. The highest BCUT2D eigenvalue weighted by Gasteiger charge is 2.28. The van der Waals surface area contributed by atoms with Crippen molar-refractivity contribution in [3.63, 3.8) is 0 Å². The summed E-state index contributed by atoms with van der Waals surface area (Å²) in [5.74, 6) is 0. The van der Waals surface area contributed by atoms with Gasteiger partial charge in [0.2, 0.25) is 0 Å². The molecule has 11 heavy (non-hydrogen) atoms. The summed E-state index contributed by atoms with van der Waals surface area (Å²) < 4.78 is 12.0. The first kappa shape index (κ1) is 9.74. The van der Waals surface area contributed by atoms with Crippen LogP contribution in [-0.4, -0.2) is 29.8 Å². The summed E-state index contributed by atoms with van der Waals surface area (Å²) in [7, 11) is 1.74. The Kier molecular flexibility index (Phi) is 4.09. The van der Waals surface area contributed by atoms with Crippen LogP contribution in [0.5, 0.6) is 0 Å². The third-order valence-electron chi connectivity index (χ3n) is 2.21. The monoisotopic (exact) mass is 270 g/mol. The lowest BCUT2D eigenvalue weighted by Gasteiger charge is -2.17. The molecule has 1 saturated heterocycles. The zero-order valence-corrected chi connectivity index (χ0v) is 9.21. The quantitative estimate of drug-likeness (QED) is 0.577. The first-order chi connectivity index (χ1) is 5.27. The molecule has 0 aliphatic carbocycles. The summed E-state index contributed by atoms with van der Waals surface area (Å²) in [5, 5.41) is 0. The van der Waals surface area contributed by atoms with Crippen LogP contribution >= 0.6 is 22.6 Å². The number of halogens is 1. The number of hydrogen-bond donors (Lipinski definition) is 0. The minimum Gasteiger partial charge on any atom is -0.379 e. The van der Waals surface area contributed by atoms with Gasteiger partial charge in [0.25, 0.3) is 0 Å². The molecule has 1 aliphatic heterocycles. The lowest BCUT2D eigenvalue weighted by Crippen LogP contribution is -2.25. The Bertz CT molecular complexity index is 119. The van der Waals surface area contributed by atoms with Crippen LogP contribution < -0.4 is 0 Å². The van der Waals surface area contributed by atoms with Crippen molar-refractivity contribution in [2.45, 2.75) is 38.1 Å². The summed E-state index contributed by atoms with van der Waals surface area (Å²) in [4.78, 5) is 0. The predicted molar refractivity (Wildman–Crippen MR) is 53.3 cm³/mol. The van der Waals surface area contributed by atoms with Gasteiger partial charge in [-0.05, 0) is 19.8 Å². The van der Waals surface area contributed by atoms with Crippen LogP contribution in [-0.2, 0) is 9.47 Å². The third kappa shape index (κ3) is 2.56. The van der Waals surface area contributed by atoms with Crippen LogP contribution in [0.1, 0.15) is 19.8 Å². The summed E-state index contributed by atoms with van der Waals surface area (Å²) >= 11 is 2.37. The molecule has 1 aliphatic rings. The maximum absolute atomic E-state index is 5.73. The van der Waals surface area contributed by atoms with Gasteiger partial charge in [0, 0.05) is 11.5 Å². The highest BCUT2D eigenvalue weighted by molar-refractivity contribution is 14.1. The first-order valence-electron chi connectivity index (χ1n) is 4.02. The predicted octanol–water partition coefficient (Wildman–Crippen LogP) is 2.00. The maximum atomic E-state index is 5.73. The first-order valence-corrected chi connectivity index (χ1v) is 5.54. The second kappa shape index (κ2) is 4.62. The average Bonchev–Trinajstić information content (AvgIpc) is 2.50. The Morgan fingerprint density at radius 2 is 2.36 bits per heavy atom. The summed E-state index contributed by atoms with van der Waals surface area (Å²) in [5.41, 5.74) is 0. The van der Waals surface area contributed by atoms with E-state index in [0.717, 1.165) is 10.8 Å². The molecule has 66 valence electrons. The largest absolute Gasteiger partial charge is 0.379 e. The van der Waals surface area contributed by atoms with Crippen molar-refractivity contribution in [3.8, 4) is 0 Å². The van der Waals surface area contributed by atoms with E-state index >= 15 is 0 Å². The van der Waals surface area contributed by atoms with Crippen molar-refractivity contribution < 1.29 is 9.47 Å². The lowest BCUT2D eigenvalue weighted by atomic mass is 10.1. The van der Waals surface area contributed by atoms with Crippen LogP contribution in [0.15, 0.2) is 0 Å². The Hall–Kier alpha value is 0.650. The van der Waals surface area contributed by atoms with Crippen molar-refractivity contribution in [1.29, 1.82) is 0 Å². The van der Waals surface area contributed by atoms with Gasteiger partial charge >= 0.3 is 0 Å². The lowest BCUT2D eigenvalue weighted by molar-refractivity contribution is -0.0375. The number of ether oxygens (including phenoxy) is 2. The zero-order valence-electron chi connectivity index (χ0n) is 7.05. The summed E-state index contributed by atoms with van der Waals surface area (Å²) in [6.07, 6.45) is 3.41. The standard InChI is InChI=1S/C8H15IO2/c1-6(10-2)8-4-3-7(5-9)11-8/h6-8H,3-5H2,1-2H3. The number of rotatable bonds is 3. The Balaban J connectivity index is 2.29. The van der Waals surface area contributed by atoms with Crippen molar-refractivity contribution in [1.82, 2.24) is 0 Å². The SMILES string of the molecule is COC(C)C1CCC(CI)O1. The molecule has 1 heterocycles. The third-order valence-corrected chi connectivity index (χ3v) is 3.19. The molecule has 1 fully saturated rings. The van der Waals surface area contributed by atoms with E-state index in [1.54, 1.807) is 7.11 Å². The minimum atomic E-state index is 0.253. The highest BCUT2D eigenvalue weighted by atomic mass is 127. The van der Waals surface area contributed by atoms with Gasteiger partial charge in [-0.15, -0.1) is 0 Å². The smallest absolute Gasteiger partial charge is 0.0838 e. The molecular weight excluding hydrogens is 255 g/mol. The molecule has 0 aromatic rings. The Morgan fingerprint density at radius 3 is 2.82 bits per heavy atom. The van der Waals surface area contributed by atoms with Crippen LogP contribution in [0.2, 0.25) is 0 Å². The summed E-state index contributed by atoms with van der Waals surface area (Å²) in [6, 6.07) is 0. The molecule has 3 heteroatoms. The second-order valence-electron chi connectivity index (χ2n) is 2.97. The maximum Gasteiger partial charge on any atom is 0.0838 e. The van der Waals surface area contributed by atoms with Gasteiger partial charge in [-0.25, -0.2) is 0 Å². The number of hydrogen-bond acceptors (Lipinski definition) is 2. The van der Waals surface area contributed by atoms with E-state index < -0.39 is 0 Å². The summed E-state index contributed by atoms with van der Waals surface area (Å²) in [6.45, 7) is 2.07. The minimum absolute atomic E-state index is 0.253. The fraction of sp³-hybridized carbons (Fsp3) is 1.00. The molecule has 3 atom stereocenters. The van der Waals surface area contributed by atoms with Crippen molar-refractivity contribution in [3.05, 3.63) is 0 Å². The number of methoxy groups -OCH3 is 1. The Labute approximate surface area is 81.8 Å². The molecule has 0 amide bonds. The number of alkyl halides is 1. The molecule has 0 radical (unpaired) electrons. The van der Waals surface area contributed by atoms with Gasteiger partial charge in [-0.2, -0.15) is 0 Å². The molecule has 0 N–H and O–H groups in total. The van der Waals surface area contributed by atoms with Crippen LogP contribution in [0.3, 0.4) is 0 Å². The molecule has 1 rings (SSSR count). The van der Waals surface area contributed by atoms with E-state index in [2.05, 4.69) is 29.5 Å². The van der Waals surface area contributed by atoms with E-state index in [-0.39, 0.29) is 6.10 Å². The second-order valence-corrected chi connectivity index (χ2v) is 3.85. The van der Waals surface area contributed by atoms with Crippen LogP contribution in [0, 0.1) is 0 Å². The van der Waals surface area contributed by atoms with Crippen LogP contribution in [0.4, 0.5) is 0 Å². The van der Waals surface area contributed by atoms with Crippen LogP contribution in [0.25, 0.3) is 0 Å². The Morgan fingerprint density at radius 1 is 1.64 bits per heavy atom. The molecule has 0 spiro atoms. The van der Waals surface area contributed by atoms with E-state index in [0.29, 0.717) is 12.2 Å². The van der Waals surface area contributed by atoms with Crippen molar-refractivity contribution in [2.24, 2.45) is 0 Å². The van der Waals surface area contributed by atoms with E-state index in [1.165, 1.54) is 6.42 Å². The van der Waals surface area contributed by atoms with Crippen molar-refractivity contribution in [2.75, 3.05) is 11.5 Å². The van der Waals surface area contributed by atoms with E-state index in [1.807, 2.05) is 0 Å². The topological polar surface area (TPSA) is 18.5 Å². The normalized spacial score (nSPS) is 34.1. The van der Waals surface area contributed by atoms with Gasteiger partial charge in [0.05, 0.1) is 18.3 Å².